The zero-order valence-corrected chi connectivity index (χ0v) is 15.9. The third-order valence-electron chi connectivity index (χ3n) is 4.57. The van der Waals surface area contributed by atoms with Crippen LogP contribution in [0.15, 0.2) is 54.9 Å². The fraction of sp³-hybridized carbons (Fsp3) is 0.0952. The Balaban J connectivity index is 1.43. The molecule has 144 valence electrons. The Labute approximate surface area is 170 Å². The molecule has 0 atom stereocenters. The van der Waals surface area contributed by atoms with E-state index in [9.17, 15) is 4.79 Å². The maximum absolute atomic E-state index is 12.7. The van der Waals surface area contributed by atoms with Crippen LogP contribution in [0.25, 0.3) is 22.4 Å². The summed E-state index contributed by atoms with van der Waals surface area (Å²) in [5.41, 5.74) is 3.35. The molecule has 1 aliphatic rings. The average molecular weight is 407 g/mol. The van der Waals surface area contributed by atoms with Gasteiger partial charge in [-0.05, 0) is 42.5 Å². The van der Waals surface area contributed by atoms with E-state index in [2.05, 4.69) is 20.3 Å². The van der Waals surface area contributed by atoms with Gasteiger partial charge in [0.2, 0.25) is 0 Å². The highest BCUT2D eigenvalue weighted by atomic mass is 35.5. The van der Waals surface area contributed by atoms with Gasteiger partial charge in [0.25, 0.3) is 5.91 Å². The van der Waals surface area contributed by atoms with Gasteiger partial charge in [0.1, 0.15) is 24.6 Å². The second kappa shape index (κ2) is 7.10. The van der Waals surface area contributed by atoms with Crippen molar-refractivity contribution in [2.24, 2.45) is 0 Å². The van der Waals surface area contributed by atoms with Gasteiger partial charge in [-0.1, -0.05) is 11.6 Å². The molecule has 0 saturated heterocycles. The molecule has 0 fully saturated rings. The van der Waals surface area contributed by atoms with Gasteiger partial charge in [0.05, 0.1) is 16.7 Å². The summed E-state index contributed by atoms with van der Waals surface area (Å²) in [7, 11) is 0. The molecule has 0 bridgehead atoms. The van der Waals surface area contributed by atoms with Gasteiger partial charge in [-0.25, -0.2) is 4.98 Å². The number of aromatic amines is 1. The summed E-state index contributed by atoms with van der Waals surface area (Å²) in [6.07, 6.45) is 3.37. The molecule has 1 aliphatic heterocycles. The predicted octanol–water partition coefficient (Wildman–Crippen LogP) is 4.30. The van der Waals surface area contributed by atoms with Gasteiger partial charge in [-0.2, -0.15) is 0 Å². The summed E-state index contributed by atoms with van der Waals surface area (Å²) >= 11 is 6.37. The SMILES string of the molecule is O=C(Nc1ccc(Cl)c(-c2nc3cnccc3[nH]2)c1)c1ccc2c(c1)OCCO2. The highest BCUT2D eigenvalue weighted by Gasteiger charge is 2.16. The minimum absolute atomic E-state index is 0.260. The number of fused-ring (bicyclic) bond motifs is 2. The molecule has 0 aliphatic carbocycles. The van der Waals surface area contributed by atoms with Crippen molar-refractivity contribution in [1.29, 1.82) is 0 Å². The first-order valence-corrected chi connectivity index (χ1v) is 9.36. The molecule has 5 rings (SSSR count). The number of rotatable bonds is 3. The number of amides is 1. The first-order chi connectivity index (χ1) is 14.2. The lowest BCUT2D eigenvalue weighted by Crippen LogP contribution is -2.17. The van der Waals surface area contributed by atoms with E-state index in [1.165, 1.54) is 0 Å². The van der Waals surface area contributed by atoms with Crippen LogP contribution in [-0.2, 0) is 0 Å². The summed E-state index contributed by atoms with van der Waals surface area (Å²) < 4.78 is 11.0. The number of aromatic nitrogens is 3. The number of nitrogens with one attached hydrogen (secondary N) is 2. The minimum Gasteiger partial charge on any atom is -0.486 e. The van der Waals surface area contributed by atoms with Gasteiger partial charge in [-0.15, -0.1) is 0 Å². The predicted molar refractivity (Wildman–Crippen MR) is 110 cm³/mol. The number of anilines is 1. The van der Waals surface area contributed by atoms with Gasteiger partial charge in [-0.3, -0.25) is 9.78 Å². The number of H-pyrrole nitrogens is 1. The molecule has 0 radical (unpaired) electrons. The molecule has 4 aromatic rings. The first kappa shape index (κ1) is 17.5. The summed E-state index contributed by atoms with van der Waals surface area (Å²) in [5.74, 6) is 1.55. The Morgan fingerprint density at radius 2 is 1.93 bits per heavy atom. The third kappa shape index (κ3) is 3.36. The standard InChI is InChI=1S/C21H15ClN4O3/c22-15-3-2-13(10-14(15)20-25-16-5-6-23-11-17(16)26-20)24-21(27)12-1-4-18-19(9-12)29-8-7-28-18/h1-6,9-11H,7-8H2,(H,24,27)(H,25,26). The van der Waals surface area contributed by atoms with E-state index in [-0.39, 0.29) is 5.91 Å². The van der Waals surface area contributed by atoms with Gasteiger partial charge in [0, 0.05) is 23.0 Å². The fourth-order valence-electron chi connectivity index (χ4n) is 3.16. The molecule has 2 N–H and O–H groups in total. The van der Waals surface area contributed by atoms with Gasteiger partial charge < -0.3 is 19.8 Å². The largest absolute Gasteiger partial charge is 0.486 e. The lowest BCUT2D eigenvalue weighted by Gasteiger charge is -2.18. The summed E-state index contributed by atoms with van der Waals surface area (Å²) in [6.45, 7) is 0.968. The van der Waals surface area contributed by atoms with Crippen LogP contribution in [0.1, 0.15) is 10.4 Å². The number of ether oxygens (including phenoxy) is 2. The molecule has 2 aromatic carbocycles. The second-order valence-electron chi connectivity index (χ2n) is 6.49. The third-order valence-corrected chi connectivity index (χ3v) is 4.90. The van der Waals surface area contributed by atoms with Crippen LogP contribution in [0.5, 0.6) is 11.5 Å². The van der Waals surface area contributed by atoms with E-state index < -0.39 is 0 Å². The molecule has 0 unspecified atom stereocenters. The van der Waals surface area contributed by atoms with Crippen LogP contribution in [0.4, 0.5) is 5.69 Å². The molecule has 29 heavy (non-hydrogen) atoms. The van der Waals surface area contributed by atoms with Gasteiger partial charge >= 0.3 is 0 Å². The van der Waals surface area contributed by atoms with Crippen LogP contribution in [0.3, 0.4) is 0 Å². The lowest BCUT2D eigenvalue weighted by atomic mass is 10.1. The molecule has 0 spiro atoms. The summed E-state index contributed by atoms with van der Waals surface area (Å²) in [6, 6.07) is 12.2. The quantitative estimate of drug-likeness (QED) is 0.529. The minimum atomic E-state index is -0.260. The van der Waals surface area contributed by atoms with Crippen LogP contribution < -0.4 is 14.8 Å². The Morgan fingerprint density at radius 3 is 2.79 bits per heavy atom. The topological polar surface area (TPSA) is 89.1 Å². The zero-order chi connectivity index (χ0) is 19.8. The highest BCUT2D eigenvalue weighted by molar-refractivity contribution is 6.33. The van der Waals surface area contributed by atoms with Crippen LogP contribution in [-0.4, -0.2) is 34.1 Å². The number of hydrogen-bond acceptors (Lipinski definition) is 5. The number of carbonyl (C=O) groups excluding carboxylic acids is 1. The van der Waals surface area contributed by atoms with Crippen LogP contribution in [0.2, 0.25) is 5.02 Å². The highest BCUT2D eigenvalue weighted by Crippen LogP contribution is 2.32. The van der Waals surface area contributed by atoms with E-state index in [0.717, 1.165) is 11.0 Å². The van der Waals surface area contributed by atoms with Crippen molar-refractivity contribution in [2.45, 2.75) is 0 Å². The zero-order valence-electron chi connectivity index (χ0n) is 15.1. The van der Waals surface area contributed by atoms with Crippen molar-refractivity contribution in [1.82, 2.24) is 15.0 Å². The molecule has 1 amide bonds. The Morgan fingerprint density at radius 1 is 1.07 bits per heavy atom. The van der Waals surface area contributed by atoms with Crippen LogP contribution >= 0.6 is 11.6 Å². The fourth-order valence-corrected chi connectivity index (χ4v) is 3.36. The van der Waals surface area contributed by atoms with Crippen LogP contribution in [0, 0.1) is 0 Å². The van der Waals surface area contributed by atoms with E-state index in [4.69, 9.17) is 21.1 Å². The van der Waals surface area contributed by atoms with E-state index >= 15 is 0 Å². The number of imidazole rings is 1. The lowest BCUT2D eigenvalue weighted by molar-refractivity contribution is 0.102. The first-order valence-electron chi connectivity index (χ1n) is 8.98. The van der Waals surface area contributed by atoms with Crippen molar-refractivity contribution in [2.75, 3.05) is 18.5 Å². The molecule has 3 heterocycles. The smallest absolute Gasteiger partial charge is 0.255 e. The maximum atomic E-state index is 12.7. The normalized spacial score (nSPS) is 12.7. The second-order valence-corrected chi connectivity index (χ2v) is 6.89. The Hall–Kier alpha value is -3.58. The van der Waals surface area contributed by atoms with Crippen molar-refractivity contribution < 1.29 is 14.3 Å². The van der Waals surface area contributed by atoms with E-state index in [1.807, 2.05) is 6.07 Å². The maximum Gasteiger partial charge on any atom is 0.255 e. The molecule has 0 saturated carbocycles. The average Bonchev–Trinajstić information content (AvgIpc) is 3.18. The van der Waals surface area contributed by atoms with E-state index in [0.29, 0.717) is 52.4 Å². The number of carbonyl (C=O) groups is 1. The number of hydrogen-bond donors (Lipinski definition) is 2. The molecular formula is C21H15ClN4O3. The van der Waals surface area contributed by atoms with Crippen molar-refractivity contribution >= 4 is 34.2 Å². The number of nitrogens with zero attached hydrogens (tertiary/aromatic N) is 2. The van der Waals surface area contributed by atoms with Crippen molar-refractivity contribution in [3.8, 4) is 22.9 Å². The molecule has 7 nitrogen and oxygen atoms in total. The molecule has 2 aromatic heterocycles. The summed E-state index contributed by atoms with van der Waals surface area (Å²) in [5, 5.41) is 3.41. The number of pyridine rings is 1. The number of benzene rings is 2. The number of halogens is 1. The Bertz CT molecular complexity index is 1200. The van der Waals surface area contributed by atoms with E-state index in [1.54, 1.807) is 48.8 Å². The van der Waals surface area contributed by atoms with Crippen molar-refractivity contribution in [3.63, 3.8) is 0 Å². The summed E-state index contributed by atoms with van der Waals surface area (Å²) in [4.78, 5) is 24.5. The molecular weight excluding hydrogens is 392 g/mol. The monoisotopic (exact) mass is 406 g/mol. The molecule has 8 heteroatoms. The Kier molecular flexibility index (Phi) is 4.29. The van der Waals surface area contributed by atoms with Gasteiger partial charge in [0.15, 0.2) is 11.5 Å². The van der Waals surface area contributed by atoms with Crippen molar-refractivity contribution in [3.05, 3.63) is 65.4 Å².